The number of carbonyl (C=O) groups is 2. The highest BCUT2D eigenvalue weighted by Crippen LogP contribution is 2.24. The third kappa shape index (κ3) is 5.41. The molecule has 0 fully saturated rings. The van der Waals surface area contributed by atoms with Crippen molar-refractivity contribution in [2.45, 2.75) is 13.0 Å². The van der Waals surface area contributed by atoms with Crippen LogP contribution in [0.15, 0.2) is 59.0 Å². The summed E-state index contributed by atoms with van der Waals surface area (Å²) in [5.74, 6) is 0.765. The predicted octanol–water partition coefficient (Wildman–Crippen LogP) is 3.88. The van der Waals surface area contributed by atoms with E-state index in [1.54, 1.807) is 45.4 Å². The largest absolute Gasteiger partial charge is 0.497 e. The number of amides is 1. The summed E-state index contributed by atoms with van der Waals surface area (Å²) in [5, 5.41) is 3.71. The van der Waals surface area contributed by atoms with Crippen molar-refractivity contribution >= 4 is 28.9 Å². The average molecular weight is 409 g/mol. The summed E-state index contributed by atoms with van der Waals surface area (Å²) in [7, 11) is 3.09. The fourth-order valence-electron chi connectivity index (χ4n) is 2.84. The van der Waals surface area contributed by atoms with Gasteiger partial charge >= 0.3 is 5.97 Å². The Morgan fingerprint density at radius 1 is 1.07 bits per heavy atom. The monoisotopic (exact) mass is 409 g/mol. The predicted molar refractivity (Wildman–Crippen MR) is 112 cm³/mol. The molecular weight excluding hydrogens is 386 g/mol. The molecule has 0 aliphatic carbocycles. The van der Waals surface area contributed by atoms with Gasteiger partial charge in [0.1, 0.15) is 22.8 Å². The van der Waals surface area contributed by atoms with E-state index < -0.39 is 18.5 Å². The van der Waals surface area contributed by atoms with Crippen LogP contribution in [0.2, 0.25) is 0 Å². The maximum absolute atomic E-state index is 12.1. The van der Waals surface area contributed by atoms with Gasteiger partial charge in [-0.1, -0.05) is 18.2 Å². The third-order valence-electron chi connectivity index (χ3n) is 4.38. The number of methoxy groups -OCH3 is 2. The highest BCUT2D eigenvalue weighted by atomic mass is 16.5. The number of benzene rings is 2. The van der Waals surface area contributed by atoms with Gasteiger partial charge in [-0.3, -0.25) is 4.79 Å². The number of ether oxygens (including phenoxy) is 3. The van der Waals surface area contributed by atoms with Crippen molar-refractivity contribution in [3.05, 3.63) is 65.9 Å². The van der Waals surface area contributed by atoms with E-state index in [1.807, 2.05) is 30.3 Å². The number of esters is 1. The zero-order valence-electron chi connectivity index (χ0n) is 17.0. The van der Waals surface area contributed by atoms with Gasteiger partial charge in [0.2, 0.25) is 0 Å². The summed E-state index contributed by atoms with van der Waals surface area (Å²) < 4.78 is 21.1. The van der Waals surface area contributed by atoms with E-state index in [9.17, 15) is 9.59 Å². The van der Waals surface area contributed by atoms with Crippen LogP contribution in [0.25, 0.3) is 17.0 Å². The first-order valence-electron chi connectivity index (χ1n) is 9.34. The Bertz CT molecular complexity index is 1010. The lowest BCUT2D eigenvalue weighted by Gasteiger charge is -2.11. The lowest BCUT2D eigenvalue weighted by Crippen LogP contribution is -2.30. The molecule has 0 spiro atoms. The van der Waals surface area contributed by atoms with Gasteiger partial charge < -0.3 is 23.9 Å². The van der Waals surface area contributed by atoms with Crippen LogP contribution in [-0.2, 0) is 14.3 Å². The third-order valence-corrected chi connectivity index (χ3v) is 4.38. The lowest BCUT2D eigenvalue weighted by molar-refractivity contribution is -0.144. The molecule has 1 aromatic heterocycles. The van der Waals surface area contributed by atoms with Gasteiger partial charge in [0.15, 0.2) is 6.61 Å². The maximum Gasteiger partial charge on any atom is 0.331 e. The zero-order chi connectivity index (χ0) is 21.5. The van der Waals surface area contributed by atoms with Gasteiger partial charge in [-0.05, 0) is 42.8 Å². The molecule has 0 bridgehead atoms. The molecule has 0 radical (unpaired) electrons. The Morgan fingerprint density at radius 3 is 2.43 bits per heavy atom. The van der Waals surface area contributed by atoms with E-state index in [0.29, 0.717) is 22.8 Å². The van der Waals surface area contributed by atoms with Crippen LogP contribution in [0.3, 0.4) is 0 Å². The molecule has 1 atom stereocenters. The van der Waals surface area contributed by atoms with E-state index in [-0.39, 0.29) is 6.04 Å². The molecule has 2 aromatic carbocycles. The molecule has 7 heteroatoms. The maximum atomic E-state index is 12.1. The number of nitrogens with one attached hydrogen (secondary N) is 1. The van der Waals surface area contributed by atoms with Gasteiger partial charge in [-0.15, -0.1) is 0 Å². The molecule has 0 unspecified atom stereocenters. The van der Waals surface area contributed by atoms with Crippen molar-refractivity contribution in [1.82, 2.24) is 5.32 Å². The summed E-state index contributed by atoms with van der Waals surface area (Å²) in [4.78, 5) is 24.0. The molecule has 156 valence electrons. The van der Waals surface area contributed by atoms with Crippen molar-refractivity contribution in [2.24, 2.45) is 0 Å². The minimum atomic E-state index is -0.636. The van der Waals surface area contributed by atoms with E-state index in [2.05, 4.69) is 5.32 Å². The second-order valence-electron chi connectivity index (χ2n) is 6.56. The molecule has 1 amide bonds. The van der Waals surface area contributed by atoms with Gasteiger partial charge in [-0.2, -0.15) is 0 Å². The summed E-state index contributed by atoms with van der Waals surface area (Å²) in [6.45, 7) is 1.41. The van der Waals surface area contributed by atoms with Crippen molar-refractivity contribution in [1.29, 1.82) is 0 Å². The Kier molecular flexibility index (Phi) is 6.75. The lowest BCUT2D eigenvalue weighted by atomic mass is 10.2. The Morgan fingerprint density at radius 2 is 1.77 bits per heavy atom. The molecule has 1 heterocycles. The van der Waals surface area contributed by atoms with Crippen LogP contribution in [0, 0.1) is 0 Å². The van der Waals surface area contributed by atoms with Crippen molar-refractivity contribution in [3.8, 4) is 11.5 Å². The van der Waals surface area contributed by atoms with E-state index in [0.717, 1.165) is 11.0 Å². The SMILES string of the molecule is COc1cc(/C=C/C(=O)OCC(=O)N[C@@H](C)c2cc3ccccc3o2)cc(OC)c1. The quantitative estimate of drug-likeness (QED) is 0.449. The molecule has 1 N–H and O–H groups in total. The number of fused-ring (bicyclic) bond motifs is 1. The number of furan rings is 1. The Labute approximate surface area is 174 Å². The highest BCUT2D eigenvalue weighted by Gasteiger charge is 2.15. The molecule has 30 heavy (non-hydrogen) atoms. The summed E-state index contributed by atoms with van der Waals surface area (Å²) in [6, 6.07) is 14.3. The molecule has 0 aliphatic heterocycles. The second kappa shape index (κ2) is 9.65. The number of para-hydroxylation sites is 1. The van der Waals surface area contributed by atoms with Crippen LogP contribution >= 0.6 is 0 Å². The van der Waals surface area contributed by atoms with Gasteiger partial charge in [0.05, 0.1) is 20.3 Å². The summed E-state index contributed by atoms with van der Waals surface area (Å²) in [6.07, 6.45) is 2.80. The summed E-state index contributed by atoms with van der Waals surface area (Å²) in [5.41, 5.74) is 1.45. The first-order chi connectivity index (χ1) is 14.5. The van der Waals surface area contributed by atoms with Crippen molar-refractivity contribution in [2.75, 3.05) is 20.8 Å². The van der Waals surface area contributed by atoms with Crippen LogP contribution in [0.1, 0.15) is 24.3 Å². The van der Waals surface area contributed by atoms with Crippen LogP contribution < -0.4 is 14.8 Å². The van der Waals surface area contributed by atoms with Gasteiger partial charge in [0, 0.05) is 17.5 Å². The highest BCUT2D eigenvalue weighted by molar-refractivity contribution is 5.89. The smallest absolute Gasteiger partial charge is 0.331 e. The normalized spacial score (nSPS) is 12.0. The fraction of sp³-hybridized carbons (Fsp3) is 0.217. The van der Waals surface area contributed by atoms with Crippen molar-refractivity contribution in [3.63, 3.8) is 0 Å². The van der Waals surface area contributed by atoms with Gasteiger partial charge in [0.25, 0.3) is 5.91 Å². The molecule has 3 aromatic rings. The average Bonchev–Trinajstić information content (AvgIpc) is 3.20. The topological polar surface area (TPSA) is 87.0 Å². The van der Waals surface area contributed by atoms with Crippen LogP contribution in [0.4, 0.5) is 0 Å². The van der Waals surface area contributed by atoms with Gasteiger partial charge in [-0.25, -0.2) is 4.79 Å². The zero-order valence-corrected chi connectivity index (χ0v) is 17.0. The fourth-order valence-corrected chi connectivity index (χ4v) is 2.84. The molecular formula is C23H23NO6. The minimum Gasteiger partial charge on any atom is -0.497 e. The molecule has 7 nitrogen and oxygen atoms in total. The first-order valence-corrected chi connectivity index (χ1v) is 9.34. The van der Waals surface area contributed by atoms with Crippen molar-refractivity contribution < 1.29 is 28.2 Å². The Balaban J connectivity index is 1.51. The first kappa shape index (κ1) is 21.0. The molecule has 0 aliphatic rings. The van der Waals surface area contributed by atoms with Crippen LogP contribution in [-0.4, -0.2) is 32.7 Å². The number of rotatable bonds is 8. The van der Waals surface area contributed by atoms with E-state index in [4.69, 9.17) is 18.6 Å². The Hall–Kier alpha value is -3.74. The second-order valence-corrected chi connectivity index (χ2v) is 6.56. The summed E-state index contributed by atoms with van der Waals surface area (Å²) >= 11 is 0. The van der Waals surface area contributed by atoms with Crippen LogP contribution in [0.5, 0.6) is 11.5 Å². The van der Waals surface area contributed by atoms with E-state index >= 15 is 0 Å². The number of hydrogen-bond acceptors (Lipinski definition) is 6. The minimum absolute atomic E-state index is 0.358. The number of hydrogen-bond donors (Lipinski definition) is 1. The molecule has 0 saturated carbocycles. The molecule has 3 rings (SSSR count). The molecule has 0 saturated heterocycles. The van der Waals surface area contributed by atoms with E-state index in [1.165, 1.54) is 6.08 Å². The standard InChI is InChI=1S/C23H23NO6/c1-15(21-12-17-6-4-5-7-20(17)30-21)24-22(25)14-29-23(26)9-8-16-10-18(27-2)13-19(11-16)28-3/h4-13,15H,14H2,1-3H3,(H,24,25)/b9-8+/t15-/m0/s1. The number of carbonyl (C=O) groups excluding carboxylic acids is 2.